The molecule has 0 aromatic heterocycles. The summed E-state index contributed by atoms with van der Waals surface area (Å²) >= 11 is 0. The van der Waals surface area contributed by atoms with Crippen molar-refractivity contribution in [3.8, 4) is 11.5 Å². The van der Waals surface area contributed by atoms with Gasteiger partial charge in [-0.15, -0.1) is 0 Å². The highest BCUT2D eigenvalue weighted by Crippen LogP contribution is 2.44. The Morgan fingerprint density at radius 2 is 1.58 bits per heavy atom. The van der Waals surface area contributed by atoms with E-state index in [1.807, 2.05) is 26.0 Å². The lowest BCUT2D eigenvalue weighted by Crippen LogP contribution is -2.29. The van der Waals surface area contributed by atoms with Gasteiger partial charge in [0, 0.05) is 5.69 Å². The Kier molecular flexibility index (Phi) is 5.92. The number of aliphatic hydroxyl groups is 1. The van der Waals surface area contributed by atoms with Crippen molar-refractivity contribution in [2.24, 2.45) is 0 Å². The first-order chi connectivity index (χ1) is 15.9. The number of ketones is 1. The summed E-state index contributed by atoms with van der Waals surface area (Å²) in [5.41, 5.74) is 3.33. The minimum atomic E-state index is -0.816. The highest BCUT2D eigenvalue weighted by Gasteiger charge is 2.47. The van der Waals surface area contributed by atoms with Crippen LogP contribution < -0.4 is 14.4 Å². The van der Waals surface area contributed by atoms with Gasteiger partial charge >= 0.3 is 0 Å². The largest absolute Gasteiger partial charge is 0.507 e. The van der Waals surface area contributed by atoms with E-state index < -0.39 is 17.7 Å². The average Bonchev–Trinajstić information content (AvgIpc) is 3.09. The predicted molar refractivity (Wildman–Crippen MR) is 127 cm³/mol. The van der Waals surface area contributed by atoms with Crippen molar-refractivity contribution < 1.29 is 24.2 Å². The molecule has 3 aromatic carbocycles. The number of anilines is 1. The number of rotatable bonds is 5. The zero-order chi connectivity index (χ0) is 23.7. The summed E-state index contributed by atoms with van der Waals surface area (Å²) in [5, 5.41) is 11.4. The molecule has 1 unspecified atom stereocenters. The lowest BCUT2D eigenvalue weighted by molar-refractivity contribution is -0.132. The van der Waals surface area contributed by atoms with Crippen LogP contribution >= 0.6 is 0 Å². The Morgan fingerprint density at radius 1 is 0.909 bits per heavy atom. The Hall–Kier alpha value is -4.06. The third-order valence-corrected chi connectivity index (χ3v) is 5.79. The summed E-state index contributed by atoms with van der Waals surface area (Å²) in [5.74, 6) is -0.620. The lowest BCUT2D eigenvalue weighted by atomic mass is 9.93. The molecular formula is C27H25NO5. The zero-order valence-electron chi connectivity index (χ0n) is 19.0. The smallest absolute Gasteiger partial charge is 0.300 e. The molecule has 33 heavy (non-hydrogen) atoms. The second-order valence-electron chi connectivity index (χ2n) is 7.94. The van der Waals surface area contributed by atoms with E-state index in [1.165, 1.54) is 12.0 Å². The standard InChI is InChI=1S/C27H25NO5/c1-16-14-17(2)26(33-4)21(15-16)24(29)22-23(18-10-12-20(32-3)13-11-18)28(27(31)25(22)30)19-8-6-5-7-9-19/h5-15,23,29H,1-4H3/b24-22+. The maximum absolute atomic E-state index is 13.3. The normalized spacial score (nSPS) is 17.3. The molecule has 6 heteroatoms. The average molecular weight is 443 g/mol. The Labute approximate surface area is 192 Å². The van der Waals surface area contributed by atoms with Crippen molar-refractivity contribution in [2.45, 2.75) is 19.9 Å². The predicted octanol–water partition coefficient (Wildman–Crippen LogP) is 4.95. The fraction of sp³-hybridized carbons (Fsp3) is 0.185. The maximum atomic E-state index is 13.3. The molecule has 1 atom stereocenters. The molecule has 168 valence electrons. The van der Waals surface area contributed by atoms with Gasteiger partial charge in [-0.2, -0.15) is 0 Å². The summed E-state index contributed by atoms with van der Waals surface area (Å²) < 4.78 is 10.8. The van der Waals surface area contributed by atoms with Gasteiger partial charge in [0.15, 0.2) is 0 Å². The number of para-hydroxylation sites is 1. The molecule has 1 fully saturated rings. The molecule has 3 aromatic rings. The molecule has 1 heterocycles. The topological polar surface area (TPSA) is 76.1 Å². The van der Waals surface area contributed by atoms with Gasteiger partial charge in [0.25, 0.3) is 11.7 Å². The third-order valence-electron chi connectivity index (χ3n) is 5.79. The van der Waals surface area contributed by atoms with Gasteiger partial charge in [-0.25, -0.2) is 0 Å². The van der Waals surface area contributed by atoms with Crippen LogP contribution in [0.2, 0.25) is 0 Å². The Bertz CT molecular complexity index is 1250. The van der Waals surface area contributed by atoms with E-state index in [9.17, 15) is 14.7 Å². The van der Waals surface area contributed by atoms with Crippen LogP contribution in [0.25, 0.3) is 5.76 Å². The van der Waals surface area contributed by atoms with Crippen molar-refractivity contribution in [1.29, 1.82) is 0 Å². The molecule has 1 aliphatic heterocycles. The number of Topliss-reactive ketones (excluding diaryl/α,β-unsaturated/α-hetero) is 1. The third kappa shape index (κ3) is 3.84. The van der Waals surface area contributed by atoms with Crippen molar-refractivity contribution in [1.82, 2.24) is 0 Å². The number of carbonyl (C=O) groups is 2. The van der Waals surface area contributed by atoms with E-state index in [-0.39, 0.29) is 11.3 Å². The minimum Gasteiger partial charge on any atom is -0.507 e. The van der Waals surface area contributed by atoms with Crippen LogP contribution in [0.3, 0.4) is 0 Å². The number of nitrogens with zero attached hydrogens (tertiary/aromatic N) is 1. The van der Waals surface area contributed by atoms with Gasteiger partial charge in [-0.1, -0.05) is 36.4 Å². The van der Waals surface area contributed by atoms with Crippen molar-refractivity contribution in [3.05, 3.63) is 94.6 Å². The molecule has 1 N–H and O–H groups in total. The van der Waals surface area contributed by atoms with Crippen LogP contribution in [-0.2, 0) is 9.59 Å². The highest BCUT2D eigenvalue weighted by atomic mass is 16.5. The van der Waals surface area contributed by atoms with Gasteiger partial charge in [0.05, 0.1) is 31.4 Å². The number of methoxy groups -OCH3 is 2. The molecule has 0 radical (unpaired) electrons. The second-order valence-corrected chi connectivity index (χ2v) is 7.94. The first kappa shape index (κ1) is 22.1. The first-order valence-electron chi connectivity index (χ1n) is 10.5. The minimum absolute atomic E-state index is 0.0114. The molecule has 0 aliphatic carbocycles. The Balaban J connectivity index is 1.99. The number of aryl methyl sites for hydroxylation is 2. The quantitative estimate of drug-likeness (QED) is 0.343. The number of hydrogen-bond acceptors (Lipinski definition) is 5. The van der Waals surface area contributed by atoms with Crippen LogP contribution in [0.4, 0.5) is 5.69 Å². The van der Waals surface area contributed by atoms with Gasteiger partial charge in [-0.05, 0) is 60.9 Å². The van der Waals surface area contributed by atoms with E-state index in [2.05, 4.69) is 0 Å². The molecular weight excluding hydrogens is 418 g/mol. The summed E-state index contributed by atoms with van der Waals surface area (Å²) in [6.45, 7) is 3.76. The fourth-order valence-corrected chi connectivity index (χ4v) is 4.34. The molecule has 0 spiro atoms. The highest BCUT2D eigenvalue weighted by molar-refractivity contribution is 6.51. The number of aliphatic hydroxyl groups excluding tert-OH is 1. The van der Waals surface area contributed by atoms with E-state index in [0.717, 1.165) is 11.1 Å². The van der Waals surface area contributed by atoms with Gasteiger partial charge in [0.1, 0.15) is 17.3 Å². The SMILES string of the molecule is COc1ccc(C2/C(=C(\O)c3cc(C)cc(C)c3OC)C(=O)C(=O)N2c2ccccc2)cc1. The molecule has 4 rings (SSSR count). The van der Waals surface area contributed by atoms with Crippen LogP contribution in [0, 0.1) is 13.8 Å². The first-order valence-corrected chi connectivity index (χ1v) is 10.5. The summed E-state index contributed by atoms with van der Waals surface area (Å²) in [4.78, 5) is 27.9. The second kappa shape index (κ2) is 8.82. The zero-order valence-corrected chi connectivity index (χ0v) is 19.0. The molecule has 1 saturated heterocycles. The summed E-state index contributed by atoms with van der Waals surface area (Å²) in [6, 6.07) is 18.9. The maximum Gasteiger partial charge on any atom is 0.300 e. The van der Waals surface area contributed by atoms with Crippen molar-refractivity contribution in [3.63, 3.8) is 0 Å². The monoisotopic (exact) mass is 443 g/mol. The Morgan fingerprint density at radius 3 is 2.18 bits per heavy atom. The molecule has 0 saturated carbocycles. The van der Waals surface area contributed by atoms with Gasteiger partial charge in [-0.3, -0.25) is 14.5 Å². The fourth-order valence-electron chi connectivity index (χ4n) is 4.34. The van der Waals surface area contributed by atoms with E-state index in [0.29, 0.717) is 28.3 Å². The van der Waals surface area contributed by atoms with Crippen LogP contribution in [0.1, 0.15) is 28.3 Å². The summed E-state index contributed by atoms with van der Waals surface area (Å²) in [7, 11) is 3.08. The van der Waals surface area contributed by atoms with Crippen molar-refractivity contribution in [2.75, 3.05) is 19.1 Å². The number of benzene rings is 3. The number of hydrogen-bond donors (Lipinski definition) is 1. The van der Waals surface area contributed by atoms with Crippen LogP contribution in [0.5, 0.6) is 11.5 Å². The number of ether oxygens (including phenoxy) is 2. The van der Waals surface area contributed by atoms with E-state index in [4.69, 9.17) is 9.47 Å². The van der Waals surface area contributed by atoms with E-state index in [1.54, 1.807) is 61.7 Å². The van der Waals surface area contributed by atoms with Gasteiger partial charge in [0.2, 0.25) is 0 Å². The summed E-state index contributed by atoms with van der Waals surface area (Å²) in [6.07, 6.45) is 0. The molecule has 1 amide bonds. The lowest BCUT2D eigenvalue weighted by Gasteiger charge is -2.25. The number of amides is 1. The van der Waals surface area contributed by atoms with Crippen LogP contribution in [0.15, 0.2) is 72.3 Å². The van der Waals surface area contributed by atoms with Crippen LogP contribution in [-0.4, -0.2) is 31.0 Å². The van der Waals surface area contributed by atoms with E-state index >= 15 is 0 Å². The molecule has 0 bridgehead atoms. The number of carbonyl (C=O) groups excluding carboxylic acids is 2. The molecule has 6 nitrogen and oxygen atoms in total. The molecule has 1 aliphatic rings. The van der Waals surface area contributed by atoms with Gasteiger partial charge < -0.3 is 14.6 Å². The van der Waals surface area contributed by atoms with Crippen molar-refractivity contribution >= 4 is 23.1 Å².